The number of halogens is 1. The zero-order valence-electron chi connectivity index (χ0n) is 20.2. The monoisotopic (exact) mass is 495 g/mol. The first-order valence-corrected chi connectivity index (χ1v) is 12.1. The number of carbonyl (C=O) groups excluding carboxylic acids is 1. The van der Waals surface area contributed by atoms with E-state index in [1.54, 1.807) is 18.2 Å². The second-order valence-electron chi connectivity index (χ2n) is 8.85. The van der Waals surface area contributed by atoms with Crippen LogP contribution < -0.4 is 10.1 Å². The fourth-order valence-electron chi connectivity index (χ4n) is 4.22. The molecule has 0 unspecified atom stereocenters. The fraction of sp³-hybridized carbons (Fsp3) is 0.133. The molecule has 0 fully saturated rings. The Kier molecular flexibility index (Phi) is 6.74. The second-order valence-corrected chi connectivity index (χ2v) is 9.23. The molecule has 180 valence electrons. The normalized spacial score (nSPS) is 11.0. The fourth-order valence-corrected chi connectivity index (χ4v) is 4.33. The highest BCUT2D eigenvalue weighted by Gasteiger charge is 2.10. The van der Waals surface area contributed by atoms with E-state index >= 15 is 0 Å². The summed E-state index contributed by atoms with van der Waals surface area (Å²) in [6.45, 7) is 4.95. The third-order valence-electron chi connectivity index (χ3n) is 6.13. The van der Waals surface area contributed by atoms with E-state index in [9.17, 15) is 4.79 Å². The molecule has 5 aromatic rings. The van der Waals surface area contributed by atoms with Crippen molar-refractivity contribution >= 4 is 34.1 Å². The number of nitrogens with one attached hydrogen (secondary N) is 1. The SMILES string of the molecule is Cc1cc(OCc2ccc(C(=O)Nc3ccn(Cc4cccc5ccccc45)n3)cc2)cc(C)c1Cl. The standard InChI is InChI=1S/C30H26ClN3O2/c1-20-16-26(17-21(2)29(20)31)36-19-22-10-12-24(13-11-22)30(35)32-28-14-15-34(33-28)18-25-8-5-7-23-6-3-4-9-27(23)25/h3-17H,18-19H2,1-2H3,(H,32,33,35). The van der Waals surface area contributed by atoms with Crippen LogP contribution in [-0.2, 0) is 13.2 Å². The highest BCUT2D eigenvalue weighted by molar-refractivity contribution is 6.32. The summed E-state index contributed by atoms with van der Waals surface area (Å²) in [5, 5.41) is 10.6. The van der Waals surface area contributed by atoms with Gasteiger partial charge in [-0.1, -0.05) is 66.2 Å². The number of aromatic nitrogens is 2. The van der Waals surface area contributed by atoms with Gasteiger partial charge in [0.2, 0.25) is 0 Å². The highest BCUT2D eigenvalue weighted by atomic mass is 35.5. The predicted molar refractivity (Wildman–Crippen MR) is 145 cm³/mol. The Labute approximate surface area is 215 Å². The molecular formula is C30H26ClN3O2. The first kappa shape index (κ1) is 23.6. The summed E-state index contributed by atoms with van der Waals surface area (Å²) in [6, 6.07) is 27.6. The van der Waals surface area contributed by atoms with Gasteiger partial charge in [-0.15, -0.1) is 0 Å². The molecule has 0 saturated carbocycles. The lowest BCUT2D eigenvalue weighted by Crippen LogP contribution is -2.13. The summed E-state index contributed by atoms with van der Waals surface area (Å²) in [5.41, 5.74) is 4.67. The molecule has 0 bridgehead atoms. The number of fused-ring (bicyclic) bond motifs is 1. The van der Waals surface area contributed by atoms with Crippen molar-refractivity contribution in [3.8, 4) is 5.75 Å². The van der Waals surface area contributed by atoms with Crippen molar-refractivity contribution in [3.63, 3.8) is 0 Å². The van der Waals surface area contributed by atoms with E-state index in [0.717, 1.165) is 27.5 Å². The summed E-state index contributed by atoms with van der Waals surface area (Å²) in [5.74, 6) is 1.08. The molecule has 6 heteroatoms. The smallest absolute Gasteiger partial charge is 0.256 e. The largest absolute Gasteiger partial charge is 0.489 e. The Morgan fingerprint density at radius 3 is 2.44 bits per heavy atom. The molecule has 0 radical (unpaired) electrons. The first-order chi connectivity index (χ1) is 17.5. The van der Waals surface area contributed by atoms with Crippen molar-refractivity contribution in [3.05, 3.63) is 124 Å². The molecule has 1 heterocycles. The second kappa shape index (κ2) is 10.3. The minimum Gasteiger partial charge on any atom is -0.489 e. The zero-order valence-corrected chi connectivity index (χ0v) is 20.9. The summed E-state index contributed by atoms with van der Waals surface area (Å²) in [6.07, 6.45) is 1.87. The number of amides is 1. The molecular weight excluding hydrogens is 470 g/mol. The number of aryl methyl sites for hydroxylation is 2. The molecule has 36 heavy (non-hydrogen) atoms. The van der Waals surface area contributed by atoms with Crippen LogP contribution in [0.3, 0.4) is 0 Å². The molecule has 0 atom stereocenters. The van der Waals surface area contributed by atoms with E-state index < -0.39 is 0 Å². The minimum absolute atomic E-state index is 0.207. The molecule has 1 N–H and O–H groups in total. The average molecular weight is 496 g/mol. The molecule has 4 aromatic carbocycles. The molecule has 1 amide bonds. The lowest BCUT2D eigenvalue weighted by molar-refractivity contribution is 0.102. The number of nitrogens with zero attached hydrogens (tertiary/aromatic N) is 2. The van der Waals surface area contributed by atoms with E-state index in [2.05, 4.69) is 40.7 Å². The topological polar surface area (TPSA) is 56.1 Å². The first-order valence-electron chi connectivity index (χ1n) is 11.8. The number of rotatable bonds is 7. The molecule has 1 aromatic heterocycles. The van der Waals surface area contributed by atoms with Gasteiger partial charge in [-0.05, 0) is 71.1 Å². The molecule has 0 aliphatic heterocycles. The van der Waals surface area contributed by atoms with Gasteiger partial charge in [0.15, 0.2) is 5.82 Å². The van der Waals surface area contributed by atoms with E-state index in [4.69, 9.17) is 16.3 Å². The van der Waals surface area contributed by atoms with Gasteiger partial charge in [0, 0.05) is 22.8 Å². The summed E-state index contributed by atoms with van der Waals surface area (Å²) in [4.78, 5) is 12.7. The van der Waals surface area contributed by atoms with Gasteiger partial charge in [-0.3, -0.25) is 9.48 Å². The Morgan fingerprint density at radius 2 is 1.67 bits per heavy atom. The third-order valence-corrected chi connectivity index (χ3v) is 6.72. The highest BCUT2D eigenvalue weighted by Crippen LogP contribution is 2.26. The number of ether oxygens (including phenoxy) is 1. The Morgan fingerprint density at radius 1 is 0.944 bits per heavy atom. The zero-order chi connectivity index (χ0) is 25.1. The van der Waals surface area contributed by atoms with Gasteiger partial charge in [-0.2, -0.15) is 5.10 Å². The quantitative estimate of drug-likeness (QED) is 0.260. The van der Waals surface area contributed by atoms with Crippen LogP contribution in [0.4, 0.5) is 5.82 Å². The van der Waals surface area contributed by atoms with Gasteiger partial charge in [0.25, 0.3) is 5.91 Å². The van der Waals surface area contributed by atoms with Crippen LogP contribution in [0.15, 0.2) is 91.1 Å². The summed E-state index contributed by atoms with van der Waals surface area (Å²) >= 11 is 6.23. The number of benzene rings is 4. The van der Waals surface area contributed by atoms with Gasteiger partial charge in [0.1, 0.15) is 12.4 Å². The molecule has 0 spiro atoms. The van der Waals surface area contributed by atoms with Gasteiger partial charge < -0.3 is 10.1 Å². The number of hydrogen-bond acceptors (Lipinski definition) is 3. The van der Waals surface area contributed by atoms with Crippen LogP contribution in [0.25, 0.3) is 10.8 Å². The van der Waals surface area contributed by atoms with E-state index in [0.29, 0.717) is 24.5 Å². The van der Waals surface area contributed by atoms with Crippen LogP contribution in [0, 0.1) is 13.8 Å². The van der Waals surface area contributed by atoms with Gasteiger partial charge in [-0.25, -0.2) is 0 Å². The number of carbonyl (C=O) groups is 1. The van der Waals surface area contributed by atoms with Crippen molar-refractivity contribution in [1.82, 2.24) is 9.78 Å². The maximum absolute atomic E-state index is 12.7. The Bertz CT molecular complexity index is 1510. The van der Waals surface area contributed by atoms with E-state index in [1.807, 2.05) is 61.1 Å². The van der Waals surface area contributed by atoms with Crippen LogP contribution in [-0.4, -0.2) is 15.7 Å². The van der Waals surface area contributed by atoms with Crippen molar-refractivity contribution in [2.24, 2.45) is 0 Å². The van der Waals surface area contributed by atoms with Gasteiger partial charge >= 0.3 is 0 Å². The van der Waals surface area contributed by atoms with Gasteiger partial charge in [0.05, 0.1) is 6.54 Å². The molecule has 0 aliphatic rings. The van der Waals surface area contributed by atoms with Crippen molar-refractivity contribution in [2.75, 3.05) is 5.32 Å². The van der Waals surface area contributed by atoms with E-state index in [1.165, 1.54) is 16.3 Å². The van der Waals surface area contributed by atoms with Crippen LogP contribution in [0.5, 0.6) is 5.75 Å². The van der Waals surface area contributed by atoms with Crippen molar-refractivity contribution in [2.45, 2.75) is 27.0 Å². The molecule has 5 rings (SSSR count). The third kappa shape index (κ3) is 5.26. The number of anilines is 1. The Balaban J connectivity index is 1.20. The molecule has 0 saturated heterocycles. The minimum atomic E-state index is -0.207. The number of hydrogen-bond donors (Lipinski definition) is 1. The summed E-state index contributed by atoms with van der Waals surface area (Å²) in [7, 11) is 0. The maximum Gasteiger partial charge on any atom is 0.256 e. The Hall–Kier alpha value is -4.09. The summed E-state index contributed by atoms with van der Waals surface area (Å²) < 4.78 is 7.74. The van der Waals surface area contributed by atoms with Crippen molar-refractivity contribution < 1.29 is 9.53 Å². The maximum atomic E-state index is 12.7. The van der Waals surface area contributed by atoms with Crippen LogP contribution in [0.1, 0.15) is 32.6 Å². The van der Waals surface area contributed by atoms with Crippen LogP contribution >= 0.6 is 11.6 Å². The molecule has 5 nitrogen and oxygen atoms in total. The molecule has 0 aliphatic carbocycles. The predicted octanol–water partition coefficient (Wildman–Crippen LogP) is 7.19. The lowest BCUT2D eigenvalue weighted by atomic mass is 10.0. The van der Waals surface area contributed by atoms with Crippen molar-refractivity contribution in [1.29, 1.82) is 0 Å². The van der Waals surface area contributed by atoms with Crippen LogP contribution in [0.2, 0.25) is 5.02 Å². The lowest BCUT2D eigenvalue weighted by Gasteiger charge is -2.10. The average Bonchev–Trinajstić information content (AvgIpc) is 3.33. The van der Waals surface area contributed by atoms with E-state index in [-0.39, 0.29) is 5.91 Å².